The Morgan fingerprint density at radius 3 is 2.87 bits per heavy atom. The topological polar surface area (TPSA) is 147 Å². The van der Waals surface area contributed by atoms with Crippen molar-refractivity contribution >= 4 is 27.3 Å². The van der Waals surface area contributed by atoms with Crippen LogP contribution in [0.15, 0.2) is 11.1 Å². The maximum absolute atomic E-state index is 11.3. The Morgan fingerprint density at radius 2 is 2.20 bits per heavy atom. The number of nitrogens with zero attached hydrogens (tertiary/aromatic N) is 2. The van der Waals surface area contributed by atoms with Gasteiger partial charge in [0, 0.05) is 0 Å². The summed E-state index contributed by atoms with van der Waals surface area (Å²) in [4.78, 5) is 23.5. The molecule has 0 amide bonds. The van der Waals surface area contributed by atoms with Gasteiger partial charge in [-0.15, -0.1) is 0 Å². The third-order valence-electron chi connectivity index (χ3n) is 1.53. The summed E-state index contributed by atoms with van der Waals surface area (Å²) >= 11 is 0. The molecule has 10 heteroatoms. The van der Waals surface area contributed by atoms with Gasteiger partial charge in [-0.05, 0) is 0 Å². The third kappa shape index (κ3) is 1.94. The molecule has 0 aliphatic rings. The number of aromatic amines is 2. The van der Waals surface area contributed by atoms with Crippen LogP contribution in [0.3, 0.4) is 0 Å². The quantitative estimate of drug-likeness (QED) is 0.483. The van der Waals surface area contributed by atoms with Crippen molar-refractivity contribution < 1.29 is 8.42 Å². The maximum Gasteiger partial charge on any atom is 0.298 e. The van der Waals surface area contributed by atoms with E-state index in [4.69, 9.17) is 5.14 Å². The number of anilines is 1. The fraction of sp³-hybridized carbons (Fsp3) is 0. The average molecular weight is 230 g/mol. The molecule has 0 radical (unpaired) electrons. The molecule has 0 aromatic carbocycles. The second-order valence-corrected chi connectivity index (χ2v) is 3.96. The average Bonchev–Trinajstić information content (AvgIpc) is 2.48. The third-order valence-corrected chi connectivity index (χ3v) is 2.01. The number of fused-ring (bicyclic) bond motifs is 1. The summed E-state index contributed by atoms with van der Waals surface area (Å²) in [6, 6.07) is 0. The second-order valence-electron chi connectivity index (χ2n) is 2.66. The van der Waals surface area contributed by atoms with E-state index in [0.717, 1.165) is 0 Å². The van der Waals surface area contributed by atoms with E-state index in [1.54, 1.807) is 0 Å². The Morgan fingerprint density at radius 1 is 1.47 bits per heavy atom. The Bertz CT molecular complexity index is 655. The van der Waals surface area contributed by atoms with E-state index in [2.05, 4.69) is 19.9 Å². The minimum atomic E-state index is -3.97. The standard InChI is InChI=1S/C5H6N6O3S/c6-15(13,14)11-5-9-3-2(4(12)10-5)7-1-8-3/h1H,(H2,6,13,14)(H3,7,8,9,10,11,12). The van der Waals surface area contributed by atoms with Crippen LogP contribution in [0.25, 0.3) is 11.2 Å². The molecule has 9 nitrogen and oxygen atoms in total. The van der Waals surface area contributed by atoms with Gasteiger partial charge in [0.15, 0.2) is 11.2 Å². The summed E-state index contributed by atoms with van der Waals surface area (Å²) < 4.78 is 23.2. The molecule has 2 aromatic heterocycles. The summed E-state index contributed by atoms with van der Waals surface area (Å²) in [5.41, 5.74) is -0.275. The van der Waals surface area contributed by atoms with Crippen molar-refractivity contribution in [2.75, 3.05) is 4.72 Å². The van der Waals surface area contributed by atoms with Gasteiger partial charge in [0.05, 0.1) is 6.33 Å². The Hall–Kier alpha value is -1.94. The van der Waals surface area contributed by atoms with Crippen LogP contribution in [0.5, 0.6) is 0 Å². The highest BCUT2D eigenvalue weighted by Crippen LogP contribution is 2.02. The highest BCUT2D eigenvalue weighted by molar-refractivity contribution is 7.90. The van der Waals surface area contributed by atoms with E-state index in [0.29, 0.717) is 0 Å². The van der Waals surface area contributed by atoms with Crippen molar-refractivity contribution in [3.05, 3.63) is 16.7 Å². The van der Waals surface area contributed by atoms with Gasteiger partial charge >= 0.3 is 0 Å². The molecule has 0 bridgehead atoms. The monoisotopic (exact) mass is 230 g/mol. The number of imidazole rings is 1. The molecular formula is C5H6N6O3S. The molecule has 80 valence electrons. The zero-order chi connectivity index (χ0) is 11.1. The minimum Gasteiger partial charge on any atom is -0.339 e. The molecule has 0 saturated carbocycles. The van der Waals surface area contributed by atoms with E-state index >= 15 is 0 Å². The van der Waals surface area contributed by atoms with E-state index in [1.165, 1.54) is 6.33 Å². The minimum absolute atomic E-state index is 0.102. The first-order valence-electron chi connectivity index (χ1n) is 3.69. The van der Waals surface area contributed by atoms with Gasteiger partial charge in [0.25, 0.3) is 15.8 Å². The second kappa shape index (κ2) is 3.03. The van der Waals surface area contributed by atoms with E-state index in [-0.39, 0.29) is 17.1 Å². The lowest BCUT2D eigenvalue weighted by Crippen LogP contribution is -2.24. The number of aromatic nitrogens is 4. The summed E-state index contributed by atoms with van der Waals surface area (Å²) in [6.45, 7) is 0. The van der Waals surface area contributed by atoms with Crippen LogP contribution in [0.2, 0.25) is 0 Å². The normalized spacial score (nSPS) is 11.8. The van der Waals surface area contributed by atoms with E-state index in [9.17, 15) is 13.2 Å². The number of hydrogen-bond acceptors (Lipinski definition) is 5. The molecule has 0 saturated heterocycles. The van der Waals surface area contributed by atoms with Crippen molar-refractivity contribution in [1.29, 1.82) is 0 Å². The van der Waals surface area contributed by atoms with Gasteiger partial charge in [-0.25, -0.2) is 14.8 Å². The zero-order valence-electron chi connectivity index (χ0n) is 7.18. The highest BCUT2D eigenvalue weighted by Gasteiger charge is 2.08. The van der Waals surface area contributed by atoms with E-state index < -0.39 is 15.8 Å². The lowest BCUT2D eigenvalue weighted by molar-refractivity contribution is 0.602. The first-order valence-corrected chi connectivity index (χ1v) is 5.24. The van der Waals surface area contributed by atoms with Crippen molar-refractivity contribution in [2.24, 2.45) is 5.14 Å². The molecule has 2 heterocycles. The predicted octanol–water partition coefficient (Wildman–Crippen LogP) is -1.74. The number of H-pyrrole nitrogens is 2. The molecule has 0 atom stereocenters. The van der Waals surface area contributed by atoms with Gasteiger partial charge in [-0.2, -0.15) is 13.4 Å². The smallest absolute Gasteiger partial charge is 0.298 e. The summed E-state index contributed by atoms with van der Waals surface area (Å²) in [6.07, 6.45) is 1.27. The van der Waals surface area contributed by atoms with Crippen molar-refractivity contribution in [3.63, 3.8) is 0 Å². The molecule has 15 heavy (non-hydrogen) atoms. The molecule has 5 N–H and O–H groups in total. The zero-order valence-corrected chi connectivity index (χ0v) is 8.00. The predicted molar refractivity (Wildman–Crippen MR) is 51.2 cm³/mol. The lowest BCUT2D eigenvalue weighted by atomic mass is 10.5. The summed E-state index contributed by atoms with van der Waals surface area (Å²) in [5, 5.41) is 4.71. The largest absolute Gasteiger partial charge is 0.339 e. The molecular weight excluding hydrogens is 224 g/mol. The van der Waals surface area contributed by atoms with Crippen molar-refractivity contribution in [3.8, 4) is 0 Å². The SMILES string of the molecule is NS(=O)(=O)Nc1nc2nc[nH]c2c(=O)[nH]1. The molecule has 0 spiro atoms. The van der Waals surface area contributed by atoms with Crippen molar-refractivity contribution in [2.45, 2.75) is 0 Å². The van der Waals surface area contributed by atoms with Crippen LogP contribution in [0, 0.1) is 0 Å². The first-order chi connectivity index (χ1) is 6.96. The van der Waals surface area contributed by atoms with Crippen LogP contribution in [-0.4, -0.2) is 28.4 Å². The molecule has 0 aliphatic carbocycles. The fourth-order valence-electron chi connectivity index (χ4n) is 1.03. The number of hydrogen-bond donors (Lipinski definition) is 4. The Labute approximate surface area is 82.9 Å². The number of nitrogens with one attached hydrogen (secondary N) is 3. The van der Waals surface area contributed by atoms with Gasteiger partial charge in [-0.1, -0.05) is 0 Å². The molecule has 2 rings (SSSR count). The summed E-state index contributed by atoms with van der Waals surface area (Å²) in [5.74, 6) is -0.276. The highest BCUT2D eigenvalue weighted by atomic mass is 32.2. The van der Waals surface area contributed by atoms with Crippen LogP contribution >= 0.6 is 0 Å². The van der Waals surface area contributed by atoms with Gasteiger partial charge < -0.3 is 4.98 Å². The fourth-order valence-corrected chi connectivity index (χ4v) is 1.39. The number of rotatable bonds is 2. The first kappa shape index (κ1) is 9.61. The van der Waals surface area contributed by atoms with Crippen molar-refractivity contribution in [1.82, 2.24) is 19.9 Å². The van der Waals surface area contributed by atoms with Crippen LogP contribution < -0.4 is 15.4 Å². The molecule has 2 aromatic rings. The maximum atomic E-state index is 11.3. The van der Waals surface area contributed by atoms with Crippen LogP contribution in [0.1, 0.15) is 0 Å². The van der Waals surface area contributed by atoms with Gasteiger partial charge in [-0.3, -0.25) is 9.78 Å². The van der Waals surface area contributed by atoms with Crippen LogP contribution in [-0.2, 0) is 10.2 Å². The summed E-state index contributed by atoms with van der Waals surface area (Å²) in [7, 11) is -3.97. The van der Waals surface area contributed by atoms with Gasteiger partial charge in [0.2, 0.25) is 5.95 Å². The van der Waals surface area contributed by atoms with E-state index in [1.807, 2.05) is 4.72 Å². The Balaban J connectivity index is 2.59. The lowest BCUT2D eigenvalue weighted by Gasteiger charge is -2.00. The molecule has 0 unspecified atom stereocenters. The molecule has 0 aliphatic heterocycles. The van der Waals surface area contributed by atoms with Crippen LogP contribution in [0.4, 0.5) is 5.95 Å². The van der Waals surface area contributed by atoms with Gasteiger partial charge in [0.1, 0.15) is 0 Å². The molecule has 0 fully saturated rings. The number of nitrogens with two attached hydrogens (primary N) is 1. The Kier molecular flexibility index (Phi) is 1.94.